The van der Waals surface area contributed by atoms with E-state index in [2.05, 4.69) is 47.8 Å². The summed E-state index contributed by atoms with van der Waals surface area (Å²) in [5, 5.41) is 19.5. The third-order valence-corrected chi connectivity index (χ3v) is 10.2. The van der Waals surface area contributed by atoms with Crippen molar-refractivity contribution < 1.29 is 14.3 Å². The van der Waals surface area contributed by atoms with Gasteiger partial charge < -0.3 is 15.0 Å². The van der Waals surface area contributed by atoms with Gasteiger partial charge in [-0.25, -0.2) is 9.48 Å². The van der Waals surface area contributed by atoms with Crippen LogP contribution in [0.4, 0.5) is 10.6 Å². The van der Waals surface area contributed by atoms with Crippen LogP contribution in [0.3, 0.4) is 0 Å². The standard InChI is InChI=1S/C45H42ClN5O3/c1-44(2,3)54-43(53)50-26-14-13-15-33(30-50)42(52)48-41-38-28-32(37-27-31(29-47)22-24-39(37)46)23-25-40(38)51(49-41)45(34-16-7-4-8-17-34,35-18-9-5-10-19-35)36-20-11-6-12-21-36/h4-12,16-25,27-28,33H,13-15,26,30H2,1-3H3,(H,48,49,52). The van der Waals surface area contributed by atoms with Gasteiger partial charge >= 0.3 is 6.09 Å². The van der Waals surface area contributed by atoms with Gasteiger partial charge in [-0.1, -0.05) is 115 Å². The quantitative estimate of drug-likeness (QED) is 0.165. The molecule has 1 aliphatic heterocycles. The molecule has 1 aromatic heterocycles. The minimum Gasteiger partial charge on any atom is -0.444 e. The van der Waals surface area contributed by atoms with Crippen molar-refractivity contribution in [1.29, 1.82) is 5.26 Å². The Balaban J connectivity index is 1.43. The summed E-state index contributed by atoms with van der Waals surface area (Å²) in [4.78, 5) is 29.2. The van der Waals surface area contributed by atoms with Crippen molar-refractivity contribution >= 4 is 40.3 Å². The molecule has 1 N–H and O–H groups in total. The van der Waals surface area contributed by atoms with Gasteiger partial charge in [-0.2, -0.15) is 10.4 Å². The molecule has 0 bridgehead atoms. The van der Waals surface area contributed by atoms with Crippen molar-refractivity contribution in [3.05, 3.63) is 155 Å². The zero-order valence-corrected chi connectivity index (χ0v) is 31.4. The van der Waals surface area contributed by atoms with Crippen LogP contribution in [0.25, 0.3) is 22.0 Å². The highest BCUT2D eigenvalue weighted by molar-refractivity contribution is 6.33. The Morgan fingerprint density at radius 1 is 0.833 bits per heavy atom. The number of aromatic nitrogens is 2. The molecule has 9 heteroatoms. The first-order chi connectivity index (χ1) is 26.1. The third-order valence-electron chi connectivity index (χ3n) is 9.91. The molecular weight excluding hydrogens is 694 g/mol. The van der Waals surface area contributed by atoms with Crippen LogP contribution in [-0.4, -0.2) is 45.4 Å². The topological polar surface area (TPSA) is 100 Å². The highest BCUT2D eigenvalue weighted by Crippen LogP contribution is 2.44. The zero-order valence-electron chi connectivity index (χ0n) is 30.6. The monoisotopic (exact) mass is 735 g/mol. The van der Waals surface area contributed by atoms with Gasteiger partial charge in [-0.3, -0.25) is 4.79 Å². The van der Waals surface area contributed by atoms with Crippen molar-refractivity contribution in [1.82, 2.24) is 14.7 Å². The summed E-state index contributed by atoms with van der Waals surface area (Å²) >= 11 is 6.73. The fourth-order valence-electron chi connectivity index (χ4n) is 7.42. The highest BCUT2D eigenvalue weighted by atomic mass is 35.5. The number of nitrogens with one attached hydrogen (secondary N) is 1. The molecule has 1 aliphatic rings. The van der Waals surface area contributed by atoms with E-state index in [9.17, 15) is 14.9 Å². The molecule has 8 nitrogen and oxygen atoms in total. The fourth-order valence-corrected chi connectivity index (χ4v) is 7.65. The van der Waals surface area contributed by atoms with E-state index in [0.717, 1.165) is 40.6 Å². The number of fused-ring (bicyclic) bond motifs is 1. The van der Waals surface area contributed by atoms with Crippen LogP contribution in [0.5, 0.6) is 0 Å². The molecule has 7 rings (SSSR count). The molecule has 54 heavy (non-hydrogen) atoms. The second kappa shape index (κ2) is 15.2. The van der Waals surface area contributed by atoms with E-state index in [0.29, 0.717) is 40.3 Å². The van der Waals surface area contributed by atoms with E-state index in [-0.39, 0.29) is 12.5 Å². The summed E-state index contributed by atoms with van der Waals surface area (Å²) in [5.41, 5.74) is 4.06. The maximum Gasteiger partial charge on any atom is 0.410 e. The van der Waals surface area contributed by atoms with Crippen molar-refractivity contribution in [3.8, 4) is 17.2 Å². The number of likely N-dealkylation sites (tertiary alicyclic amines) is 1. The highest BCUT2D eigenvalue weighted by Gasteiger charge is 2.41. The summed E-state index contributed by atoms with van der Waals surface area (Å²) in [7, 11) is 0. The van der Waals surface area contributed by atoms with E-state index in [1.54, 1.807) is 23.1 Å². The maximum atomic E-state index is 14.4. The minimum atomic E-state index is -0.958. The second-order valence-corrected chi connectivity index (χ2v) is 15.1. The average Bonchev–Trinajstić information content (AvgIpc) is 3.34. The molecule has 272 valence electrons. The lowest BCUT2D eigenvalue weighted by Crippen LogP contribution is -2.41. The average molecular weight is 736 g/mol. The first-order valence-electron chi connectivity index (χ1n) is 18.3. The lowest BCUT2D eigenvalue weighted by atomic mass is 9.77. The van der Waals surface area contributed by atoms with Gasteiger partial charge in [-0.05, 0) is 86.2 Å². The third kappa shape index (κ3) is 7.20. The minimum absolute atomic E-state index is 0.225. The van der Waals surface area contributed by atoms with Gasteiger partial charge in [0, 0.05) is 29.1 Å². The Morgan fingerprint density at radius 3 is 2.02 bits per heavy atom. The van der Waals surface area contributed by atoms with Crippen LogP contribution in [0, 0.1) is 17.2 Å². The van der Waals surface area contributed by atoms with Crippen molar-refractivity contribution in [2.75, 3.05) is 18.4 Å². The van der Waals surface area contributed by atoms with Gasteiger partial charge in [0.05, 0.1) is 23.1 Å². The number of nitriles is 1. The van der Waals surface area contributed by atoms with E-state index in [1.165, 1.54) is 0 Å². The molecule has 5 aromatic carbocycles. The lowest BCUT2D eigenvalue weighted by Gasteiger charge is -2.37. The van der Waals surface area contributed by atoms with Gasteiger partial charge in [0.1, 0.15) is 11.1 Å². The lowest BCUT2D eigenvalue weighted by molar-refractivity contribution is -0.120. The van der Waals surface area contributed by atoms with Gasteiger partial charge in [0.25, 0.3) is 0 Å². The zero-order chi connectivity index (χ0) is 37.9. The maximum absolute atomic E-state index is 14.4. The summed E-state index contributed by atoms with van der Waals surface area (Å²) < 4.78 is 7.70. The number of rotatable bonds is 7. The number of carbonyl (C=O) groups is 2. The van der Waals surface area contributed by atoms with E-state index < -0.39 is 23.2 Å². The first-order valence-corrected chi connectivity index (χ1v) is 18.6. The number of carbonyl (C=O) groups excluding carboxylic acids is 2. The number of amides is 2. The Labute approximate surface area is 320 Å². The van der Waals surface area contributed by atoms with Crippen molar-refractivity contribution in [2.24, 2.45) is 5.92 Å². The van der Waals surface area contributed by atoms with Gasteiger partial charge in [0.15, 0.2) is 5.82 Å². The summed E-state index contributed by atoms with van der Waals surface area (Å²) in [5.74, 6) is -0.325. The molecule has 2 amide bonds. The van der Waals surface area contributed by atoms with Crippen LogP contribution in [-0.2, 0) is 15.1 Å². The Bertz CT molecular complexity index is 2230. The van der Waals surface area contributed by atoms with Crippen LogP contribution in [0.15, 0.2) is 127 Å². The molecule has 2 heterocycles. The van der Waals surface area contributed by atoms with Crippen molar-refractivity contribution in [2.45, 2.75) is 51.2 Å². The number of nitrogens with zero attached hydrogens (tertiary/aromatic N) is 4. The predicted octanol–water partition coefficient (Wildman–Crippen LogP) is 10.0. The van der Waals surface area contributed by atoms with Gasteiger partial charge in [-0.15, -0.1) is 0 Å². The van der Waals surface area contributed by atoms with Crippen molar-refractivity contribution in [3.63, 3.8) is 0 Å². The van der Waals surface area contributed by atoms with E-state index >= 15 is 0 Å². The number of halogens is 1. The summed E-state index contributed by atoms with van der Waals surface area (Å²) in [6.45, 7) is 6.28. The van der Waals surface area contributed by atoms with Gasteiger partial charge in [0.2, 0.25) is 5.91 Å². The largest absolute Gasteiger partial charge is 0.444 e. The Kier molecular flexibility index (Phi) is 10.3. The molecule has 6 aromatic rings. The Morgan fingerprint density at radius 2 is 1.44 bits per heavy atom. The fraction of sp³-hybridized carbons (Fsp3) is 0.244. The number of hydrogen-bond acceptors (Lipinski definition) is 5. The van der Waals surface area contributed by atoms with E-state index in [1.807, 2.05) is 98.2 Å². The van der Waals surface area contributed by atoms with Crippen LogP contribution in [0.2, 0.25) is 5.02 Å². The normalized spacial score (nSPS) is 14.9. The molecule has 0 spiro atoms. The SMILES string of the molecule is CC(C)(C)OC(=O)N1CCCCC(C(=O)Nc2nn(C(c3ccccc3)(c3ccccc3)c3ccccc3)c3ccc(-c4cc(C#N)ccc4Cl)cc23)C1. The van der Waals surface area contributed by atoms with Crippen LogP contribution >= 0.6 is 11.6 Å². The van der Waals surface area contributed by atoms with Crippen LogP contribution < -0.4 is 5.32 Å². The molecular formula is C45H42ClN5O3. The number of anilines is 1. The summed E-state index contributed by atoms with van der Waals surface area (Å²) in [6, 6.07) is 44.1. The molecule has 0 aliphatic carbocycles. The van der Waals surface area contributed by atoms with Crippen LogP contribution in [0.1, 0.15) is 62.3 Å². The molecule has 0 radical (unpaired) electrons. The second-order valence-electron chi connectivity index (χ2n) is 14.7. The first kappa shape index (κ1) is 36.4. The molecule has 1 unspecified atom stereocenters. The predicted molar refractivity (Wildman–Crippen MR) is 213 cm³/mol. The number of ether oxygens (including phenoxy) is 1. The van der Waals surface area contributed by atoms with E-state index in [4.69, 9.17) is 21.4 Å². The Hall–Kier alpha value is -5.91. The number of benzene rings is 5. The summed E-state index contributed by atoms with van der Waals surface area (Å²) in [6.07, 6.45) is 1.77. The number of hydrogen-bond donors (Lipinski definition) is 1. The molecule has 1 saturated heterocycles. The smallest absolute Gasteiger partial charge is 0.410 e. The molecule has 1 fully saturated rings. The molecule has 1 atom stereocenters. The molecule has 0 saturated carbocycles.